The number of nitro groups is 2. The van der Waals surface area contributed by atoms with Crippen LogP contribution in [0.5, 0.6) is 0 Å². The van der Waals surface area contributed by atoms with Crippen LogP contribution in [0.25, 0.3) is 0 Å². The van der Waals surface area contributed by atoms with Crippen molar-refractivity contribution in [2.45, 2.75) is 50.2 Å². The number of ether oxygens (including phenoxy) is 1. The van der Waals surface area contributed by atoms with E-state index in [1.54, 1.807) is 4.90 Å². The number of amides is 1. The van der Waals surface area contributed by atoms with Crippen molar-refractivity contribution in [2.24, 2.45) is 5.92 Å². The summed E-state index contributed by atoms with van der Waals surface area (Å²) < 4.78 is 20.5. The van der Waals surface area contributed by atoms with E-state index >= 15 is 4.39 Å². The molecule has 0 radical (unpaired) electrons. The lowest BCUT2D eigenvalue weighted by Crippen LogP contribution is -2.53. The molecule has 2 aliphatic heterocycles. The van der Waals surface area contributed by atoms with Gasteiger partial charge in [0.05, 0.1) is 40.1 Å². The van der Waals surface area contributed by atoms with Crippen LogP contribution in [-0.2, 0) is 15.1 Å². The number of aromatic nitrogens is 1. The molecule has 246 valence electrons. The number of fused-ring (bicyclic) bond motifs is 2. The highest BCUT2D eigenvalue weighted by molar-refractivity contribution is 6.31. The van der Waals surface area contributed by atoms with Crippen LogP contribution in [0.15, 0.2) is 48.5 Å². The van der Waals surface area contributed by atoms with Crippen LogP contribution >= 0.6 is 23.2 Å². The SMILES string of the molecule is C.COC(=O)c1ccc(C(=O)C[C@H]2C([N+](=O)[O-])[C@H](c3cccc(Cl)c3F)[C@]3(C(=O)Nc4nc(Cl)ccc43)N2CC2CC2)c([N+](=O)[O-])c1. The molecule has 1 saturated heterocycles. The minimum absolute atomic E-state index is 0. The zero-order chi connectivity index (χ0) is 33.1. The molecule has 1 amide bonds. The summed E-state index contributed by atoms with van der Waals surface area (Å²) in [6.07, 6.45) is 0.849. The van der Waals surface area contributed by atoms with Crippen LogP contribution in [-0.4, -0.2) is 63.1 Å². The smallest absolute Gasteiger partial charge is 0.338 e. The number of halogens is 3. The van der Waals surface area contributed by atoms with Gasteiger partial charge in [-0.1, -0.05) is 42.8 Å². The van der Waals surface area contributed by atoms with Gasteiger partial charge in [-0.15, -0.1) is 0 Å². The predicted octanol–water partition coefficient (Wildman–Crippen LogP) is 5.80. The number of hydrogen-bond acceptors (Lipinski definition) is 10. The molecule has 1 unspecified atom stereocenters. The fourth-order valence-electron chi connectivity index (χ4n) is 6.84. The number of Topliss-reactive ketones (excluding diaryl/α,β-unsaturated/α-hetero) is 1. The van der Waals surface area contributed by atoms with Crippen molar-refractivity contribution in [1.82, 2.24) is 9.88 Å². The van der Waals surface area contributed by atoms with Gasteiger partial charge in [0.1, 0.15) is 22.3 Å². The third kappa shape index (κ3) is 5.49. The third-order valence-electron chi connectivity index (χ3n) is 8.91. The van der Waals surface area contributed by atoms with E-state index in [9.17, 15) is 34.6 Å². The van der Waals surface area contributed by atoms with Crippen molar-refractivity contribution in [3.05, 3.63) is 107 Å². The van der Waals surface area contributed by atoms with Gasteiger partial charge in [0.2, 0.25) is 6.04 Å². The number of pyridine rings is 1. The number of anilines is 1. The Labute approximate surface area is 277 Å². The molecule has 1 aliphatic carbocycles. The number of rotatable bonds is 9. The van der Waals surface area contributed by atoms with Crippen molar-refractivity contribution in [3.63, 3.8) is 0 Å². The summed E-state index contributed by atoms with van der Waals surface area (Å²) in [6.45, 7) is 0.125. The zero-order valence-corrected chi connectivity index (χ0v) is 25.5. The quantitative estimate of drug-likeness (QED) is 0.0951. The zero-order valence-electron chi connectivity index (χ0n) is 23.9. The lowest BCUT2D eigenvalue weighted by Gasteiger charge is -2.38. The predicted molar refractivity (Wildman–Crippen MR) is 168 cm³/mol. The number of carbonyl (C=O) groups excluding carboxylic acids is 3. The minimum atomic E-state index is -1.93. The average molecular weight is 688 g/mol. The van der Waals surface area contributed by atoms with Gasteiger partial charge in [0.15, 0.2) is 5.78 Å². The number of hydrogen-bond donors (Lipinski definition) is 1. The summed E-state index contributed by atoms with van der Waals surface area (Å²) in [6, 6.07) is 6.94. The maximum absolute atomic E-state index is 15.9. The number of nitrogens with zero attached hydrogens (tertiary/aromatic N) is 4. The van der Waals surface area contributed by atoms with E-state index in [1.807, 2.05) is 0 Å². The number of nitro benzene ring substituents is 1. The molecule has 2 fully saturated rings. The summed E-state index contributed by atoms with van der Waals surface area (Å²) in [5.41, 5.74) is -3.20. The molecular formula is C31H28Cl2FN5O8. The standard InChI is InChI=1S/C30H24Cl2FN5O8.CH4/c1-46-28(40)15-7-8-16(20(11-15)37(42)43)22(39)12-21-26(38(44)45)24(17-3-2-4-19(31)25(17)33)30(36(21)13-14-5-6-14)18-9-10-23(32)34-27(18)35-29(30)41;/h2-4,7-11,14,21,24,26H,5-6,12-13H2,1H3,(H,34,35,41);1H4/t21-,24-,26?,30+;/m0./s1. The highest BCUT2D eigenvalue weighted by Crippen LogP contribution is 2.59. The molecule has 47 heavy (non-hydrogen) atoms. The fourth-order valence-corrected chi connectivity index (χ4v) is 7.16. The second-order valence-corrected chi connectivity index (χ2v) is 12.2. The molecule has 3 heterocycles. The van der Waals surface area contributed by atoms with Crippen LogP contribution in [0.3, 0.4) is 0 Å². The van der Waals surface area contributed by atoms with E-state index < -0.39 is 74.5 Å². The second kappa shape index (κ2) is 12.6. The van der Waals surface area contributed by atoms with Gasteiger partial charge in [-0.2, -0.15) is 0 Å². The molecule has 0 bridgehead atoms. The van der Waals surface area contributed by atoms with Gasteiger partial charge in [0.25, 0.3) is 11.6 Å². The number of benzene rings is 2. The van der Waals surface area contributed by atoms with E-state index in [2.05, 4.69) is 15.0 Å². The first-order valence-corrected chi connectivity index (χ1v) is 14.9. The summed E-state index contributed by atoms with van der Waals surface area (Å²) in [5, 5.41) is 27.5. The molecule has 1 saturated carbocycles. The van der Waals surface area contributed by atoms with Crippen LogP contribution in [0.4, 0.5) is 15.9 Å². The minimum Gasteiger partial charge on any atom is -0.465 e. The molecule has 6 rings (SSSR count). The Morgan fingerprint density at radius 2 is 1.87 bits per heavy atom. The molecule has 2 aromatic carbocycles. The number of carbonyl (C=O) groups is 3. The molecule has 3 aliphatic rings. The van der Waals surface area contributed by atoms with Gasteiger partial charge in [0, 0.05) is 35.1 Å². The molecule has 1 aromatic heterocycles. The van der Waals surface area contributed by atoms with Crippen LogP contribution in [0.1, 0.15) is 64.4 Å². The van der Waals surface area contributed by atoms with Crippen molar-refractivity contribution in [3.8, 4) is 0 Å². The van der Waals surface area contributed by atoms with Crippen LogP contribution < -0.4 is 5.32 Å². The van der Waals surface area contributed by atoms with E-state index in [0.717, 1.165) is 32.1 Å². The number of nitrogens with one attached hydrogen (secondary N) is 1. The molecule has 13 nitrogen and oxygen atoms in total. The number of esters is 1. The van der Waals surface area contributed by atoms with Crippen molar-refractivity contribution >= 4 is 52.4 Å². The summed E-state index contributed by atoms with van der Waals surface area (Å²) in [5.74, 6) is -4.87. The topological polar surface area (TPSA) is 175 Å². The van der Waals surface area contributed by atoms with Gasteiger partial charge in [-0.05, 0) is 49.1 Å². The van der Waals surface area contributed by atoms with Gasteiger partial charge in [-0.25, -0.2) is 14.2 Å². The molecular weight excluding hydrogens is 660 g/mol. The third-order valence-corrected chi connectivity index (χ3v) is 9.41. The number of likely N-dealkylation sites (tertiary alicyclic amines) is 1. The van der Waals surface area contributed by atoms with Crippen molar-refractivity contribution in [2.75, 3.05) is 19.0 Å². The average Bonchev–Trinajstić information content (AvgIpc) is 3.74. The van der Waals surface area contributed by atoms with Crippen LogP contribution in [0.2, 0.25) is 10.2 Å². The first-order valence-electron chi connectivity index (χ1n) is 14.1. The van der Waals surface area contributed by atoms with Crippen molar-refractivity contribution in [1.29, 1.82) is 0 Å². The van der Waals surface area contributed by atoms with E-state index in [0.29, 0.717) is 0 Å². The van der Waals surface area contributed by atoms with Crippen LogP contribution in [0, 0.1) is 32.0 Å². The van der Waals surface area contributed by atoms with Gasteiger partial charge in [-0.3, -0.25) is 34.7 Å². The Morgan fingerprint density at radius 3 is 2.51 bits per heavy atom. The van der Waals surface area contributed by atoms with E-state index in [1.165, 1.54) is 36.4 Å². The van der Waals surface area contributed by atoms with E-state index in [4.69, 9.17) is 23.2 Å². The monoisotopic (exact) mass is 687 g/mol. The van der Waals surface area contributed by atoms with E-state index in [-0.39, 0.29) is 52.6 Å². The summed E-state index contributed by atoms with van der Waals surface area (Å²) >= 11 is 12.3. The Kier molecular flexibility index (Phi) is 9.05. The Hall–Kier alpha value is -4.53. The largest absolute Gasteiger partial charge is 0.465 e. The normalized spacial score (nSPS) is 23.1. The summed E-state index contributed by atoms with van der Waals surface area (Å²) in [7, 11) is 1.09. The van der Waals surface area contributed by atoms with Gasteiger partial charge < -0.3 is 10.1 Å². The summed E-state index contributed by atoms with van der Waals surface area (Å²) in [4.78, 5) is 69.6. The number of methoxy groups -OCH3 is 1. The Morgan fingerprint density at radius 1 is 1.15 bits per heavy atom. The Bertz CT molecular complexity index is 1840. The maximum Gasteiger partial charge on any atom is 0.338 e. The first kappa shape index (κ1) is 33.8. The lowest BCUT2D eigenvalue weighted by atomic mass is 9.73. The molecule has 1 N–H and O–H groups in total. The number of ketones is 1. The van der Waals surface area contributed by atoms with Gasteiger partial charge >= 0.3 is 5.97 Å². The molecule has 16 heteroatoms. The van der Waals surface area contributed by atoms with Crippen molar-refractivity contribution < 1.29 is 33.4 Å². The molecule has 3 aromatic rings. The molecule has 1 spiro atoms. The Balaban J connectivity index is 0.00000433. The maximum atomic E-state index is 15.9. The second-order valence-electron chi connectivity index (χ2n) is 11.4. The fraction of sp³-hybridized carbons (Fsp3) is 0.355. The lowest BCUT2D eigenvalue weighted by molar-refractivity contribution is -0.528. The molecule has 4 atom stereocenters. The highest BCUT2D eigenvalue weighted by atomic mass is 35.5. The highest BCUT2D eigenvalue weighted by Gasteiger charge is 2.72. The first-order chi connectivity index (χ1) is 21.9.